The Balaban J connectivity index is 2.95. The second-order valence-electron chi connectivity index (χ2n) is 3.28. The Kier molecular flexibility index (Phi) is 4.58. The van der Waals surface area contributed by atoms with Gasteiger partial charge in [0.05, 0.1) is 13.7 Å². The van der Waals surface area contributed by atoms with E-state index in [-0.39, 0.29) is 5.97 Å². The first kappa shape index (κ1) is 12.3. The van der Waals surface area contributed by atoms with E-state index >= 15 is 0 Å². The number of methoxy groups -OCH3 is 1. The molecule has 3 nitrogen and oxygen atoms in total. The van der Waals surface area contributed by atoms with Crippen LogP contribution in [0.4, 0.5) is 0 Å². The minimum atomic E-state index is -0.328. The molecule has 86 valence electrons. The lowest BCUT2D eigenvalue weighted by atomic mass is 10.1. The zero-order valence-corrected chi connectivity index (χ0v) is 9.82. The van der Waals surface area contributed by atoms with E-state index in [1.54, 1.807) is 14.0 Å². The fraction of sp³-hybridized carbons (Fsp3) is 0.308. The van der Waals surface area contributed by atoms with Crippen molar-refractivity contribution >= 4 is 11.5 Å². The Morgan fingerprint density at radius 3 is 2.69 bits per heavy atom. The molecule has 1 aromatic carbocycles. The van der Waals surface area contributed by atoms with Gasteiger partial charge in [0.2, 0.25) is 0 Å². The molecule has 0 unspecified atom stereocenters. The minimum absolute atomic E-state index is 0.328. The van der Waals surface area contributed by atoms with Crippen LogP contribution in [0.25, 0.3) is 5.57 Å². The second kappa shape index (κ2) is 5.95. The molecule has 0 radical (unpaired) electrons. The van der Waals surface area contributed by atoms with Crippen LogP contribution in [0.3, 0.4) is 0 Å². The fourth-order valence-electron chi connectivity index (χ4n) is 1.41. The van der Waals surface area contributed by atoms with Crippen molar-refractivity contribution in [2.24, 2.45) is 0 Å². The van der Waals surface area contributed by atoms with Gasteiger partial charge in [0, 0.05) is 11.6 Å². The number of hydrogen-bond donors (Lipinski definition) is 0. The summed E-state index contributed by atoms with van der Waals surface area (Å²) in [6.45, 7) is 4.02. The van der Waals surface area contributed by atoms with Crippen molar-refractivity contribution in [3.63, 3.8) is 0 Å². The summed E-state index contributed by atoms with van der Waals surface area (Å²) >= 11 is 0. The zero-order chi connectivity index (χ0) is 12.0. The second-order valence-corrected chi connectivity index (χ2v) is 3.28. The summed E-state index contributed by atoms with van der Waals surface area (Å²) in [4.78, 5) is 11.3. The van der Waals surface area contributed by atoms with Crippen LogP contribution in [0.2, 0.25) is 0 Å². The first-order valence-corrected chi connectivity index (χ1v) is 5.17. The third-order valence-electron chi connectivity index (χ3n) is 2.15. The van der Waals surface area contributed by atoms with Gasteiger partial charge in [-0.05, 0) is 25.5 Å². The van der Waals surface area contributed by atoms with Gasteiger partial charge in [-0.15, -0.1) is 0 Å². The molecule has 0 heterocycles. The quantitative estimate of drug-likeness (QED) is 0.578. The van der Waals surface area contributed by atoms with Crippen molar-refractivity contribution in [1.82, 2.24) is 0 Å². The number of carbonyl (C=O) groups excluding carboxylic acids is 1. The van der Waals surface area contributed by atoms with Crippen LogP contribution in [0.15, 0.2) is 30.3 Å². The fourth-order valence-corrected chi connectivity index (χ4v) is 1.41. The summed E-state index contributed by atoms with van der Waals surface area (Å²) < 4.78 is 10.1. The van der Waals surface area contributed by atoms with Gasteiger partial charge in [-0.1, -0.05) is 18.2 Å². The van der Waals surface area contributed by atoms with E-state index in [0.29, 0.717) is 6.61 Å². The first-order valence-electron chi connectivity index (χ1n) is 5.17. The zero-order valence-electron chi connectivity index (χ0n) is 9.82. The topological polar surface area (TPSA) is 35.5 Å². The lowest BCUT2D eigenvalue weighted by Crippen LogP contribution is -2.00. The van der Waals surface area contributed by atoms with Crippen LogP contribution >= 0.6 is 0 Å². The van der Waals surface area contributed by atoms with E-state index in [1.165, 1.54) is 6.08 Å². The summed E-state index contributed by atoms with van der Waals surface area (Å²) in [5.41, 5.74) is 1.73. The number of benzene rings is 1. The third kappa shape index (κ3) is 3.12. The normalized spacial score (nSPS) is 11.1. The Morgan fingerprint density at radius 1 is 1.38 bits per heavy atom. The Labute approximate surface area is 95.7 Å². The predicted molar refractivity (Wildman–Crippen MR) is 63.3 cm³/mol. The molecular weight excluding hydrogens is 204 g/mol. The lowest BCUT2D eigenvalue weighted by Gasteiger charge is -2.08. The molecule has 0 atom stereocenters. The van der Waals surface area contributed by atoms with Gasteiger partial charge in [-0.2, -0.15) is 0 Å². The molecule has 0 aliphatic carbocycles. The maximum atomic E-state index is 11.3. The molecule has 0 bridgehead atoms. The van der Waals surface area contributed by atoms with Crippen molar-refractivity contribution in [3.05, 3.63) is 35.9 Å². The molecule has 0 aliphatic rings. The number of hydrogen-bond acceptors (Lipinski definition) is 3. The molecule has 0 N–H and O–H groups in total. The average Bonchev–Trinajstić information content (AvgIpc) is 2.29. The molecule has 1 aromatic rings. The van der Waals surface area contributed by atoms with E-state index in [9.17, 15) is 4.79 Å². The molecule has 3 heteroatoms. The van der Waals surface area contributed by atoms with E-state index in [1.807, 2.05) is 31.2 Å². The highest BCUT2D eigenvalue weighted by atomic mass is 16.5. The van der Waals surface area contributed by atoms with Crippen LogP contribution in [0, 0.1) is 0 Å². The standard InChI is InChI=1S/C13H16O3/c1-4-16-13(14)9-10(2)11-7-5-6-8-12(11)15-3/h5-9H,4H2,1-3H3/b10-9+. The molecule has 1 rings (SSSR count). The van der Waals surface area contributed by atoms with E-state index in [2.05, 4.69) is 0 Å². The largest absolute Gasteiger partial charge is 0.496 e. The summed E-state index contributed by atoms with van der Waals surface area (Å²) in [5, 5.41) is 0. The summed E-state index contributed by atoms with van der Waals surface area (Å²) in [6, 6.07) is 7.56. The smallest absolute Gasteiger partial charge is 0.331 e. The Hall–Kier alpha value is -1.77. The van der Waals surface area contributed by atoms with Crippen molar-refractivity contribution in [1.29, 1.82) is 0 Å². The van der Waals surface area contributed by atoms with Gasteiger partial charge in [0.25, 0.3) is 0 Å². The number of allylic oxidation sites excluding steroid dienone is 1. The molecule has 16 heavy (non-hydrogen) atoms. The Bertz CT molecular complexity index is 394. The summed E-state index contributed by atoms with van der Waals surface area (Å²) in [6.07, 6.45) is 1.47. The predicted octanol–water partition coefficient (Wildman–Crippen LogP) is 2.66. The summed E-state index contributed by atoms with van der Waals surface area (Å²) in [5.74, 6) is 0.423. The Morgan fingerprint density at radius 2 is 2.06 bits per heavy atom. The maximum absolute atomic E-state index is 11.3. The van der Waals surface area contributed by atoms with Gasteiger partial charge < -0.3 is 9.47 Å². The minimum Gasteiger partial charge on any atom is -0.496 e. The van der Waals surface area contributed by atoms with Gasteiger partial charge >= 0.3 is 5.97 Å². The molecule has 0 aliphatic heterocycles. The van der Waals surface area contributed by atoms with Crippen LogP contribution in [0.5, 0.6) is 5.75 Å². The van der Waals surface area contributed by atoms with Gasteiger partial charge in [0.15, 0.2) is 0 Å². The average molecular weight is 220 g/mol. The number of carbonyl (C=O) groups is 1. The molecular formula is C13H16O3. The molecule has 0 amide bonds. The third-order valence-corrected chi connectivity index (χ3v) is 2.15. The molecule has 0 spiro atoms. The van der Waals surface area contributed by atoms with Crippen LogP contribution in [-0.4, -0.2) is 19.7 Å². The van der Waals surface area contributed by atoms with Crippen molar-refractivity contribution in [2.45, 2.75) is 13.8 Å². The molecule has 0 aromatic heterocycles. The van der Waals surface area contributed by atoms with Crippen molar-refractivity contribution < 1.29 is 14.3 Å². The molecule has 0 saturated heterocycles. The highest BCUT2D eigenvalue weighted by Gasteiger charge is 2.05. The lowest BCUT2D eigenvalue weighted by molar-refractivity contribution is -0.137. The number of rotatable bonds is 4. The first-order chi connectivity index (χ1) is 7.69. The van der Waals surface area contributed by atoms with Gasteiger partial charge in [-0.3, -0.25) is 0 Å². The number of para-hydroxylation sites is 1. The van der Waals surface area contributed by atoms with E-state index in [0.717, 1.165) is 16.9 Å². The maximum Gasteiger partial charge on any atom is 0.331 e. The van der Waals surface area contributed by atoms with E-state index < -0.39 is 0 Å². The molecule has 0 fully saturated rings. The highest BCUT2D eigenvalue weighted by Crippen LogP contribution is 2.24. The molecule has 0 saturated carbocycles. The van der Waals surface area contributed by atoms with Crippen LogP contribution in [-0.2, 0) is 9.53 Å². The van der Waals surface area contributed by atoms with Crippen molar-refractivity contribution in [3.8, 4) is 5.75 Å². The van der Waals surface area contributed by atoms with Crippen LogP contribution in [0.1, 0.15) is 19.4 Å². The number of esters is 1. The van der Waals surface area contributed by atoms with Gasteiger partial charge in [-0.25, -0.2) is 4.79 Å². The van der Waals surface area contributed by atoms with Crippen LogP contribution < -0.4 is 4.74 Å². The van der Waals surface area contributed by atoms with Gasteiger partial charge in [0.1, 0.15) is 5.75 Å². The number of ether oxygens (including phenoxy) is 2. The van der Waals surface area contributed by atoms with Crippen molar-refractivity contribution in [2.75, 3.05) is 13.7 Å². The van der Waals surface area contributed by atoms with E-state index in [4.69, 9.17) is 9.47 Å². The SMILES string of the molecule is CCOC(=O)/C=C(\C)c1ccccc1OC. The highest BCUT2D eigenvalue weighted by molar-refractivity contribution is 5.91. The monoisotopic (exact) mass is 220 g/mol. The summed E-state index contributed by atoms with van der Waals surface area (Å²) in [7, 11) is 1.61.